The van der Waals surface area contributed by atoms with E-state index >= 15 is 0 Å². The quantitative estimate of drug-likeness (QED) is 0.416. The van der Waals surface area contributed by atoms with Crippen LogP contribution < -0.4 is 0 Å². The lowest BCUT2D eigenvalue weighted by Crippen LogP contribution is -2.39. The van der Waals surface area contributed by atoms with Crippen LogP contribution in [0.2, 0.25) is 0 Å². The zero-order valence-corrected chi connectivity index (χ0v) is 18.9. The molecule has 0 bridgehead atoms. The zero-order chi connectivity index (χ0) is 19.3. The van der Waals surface area contributed by atoms with Gasteiger partial charge < -0.3 is 4.90 Å². The van der Waals surface area contributed by atoms with Crippen molar-refractivity contribution in [2.24, 2.45) is 17.8 Å². The maximum atomic E-state index is 2.95. The average Bonchev–Trinajstić information content (AvgIpc) is 2.77. The highest BCUT2D eigenvalue weighted by atomic mass is 15.1. The van der Waals surface area contributed by atoms with Gasteiger partial charge in [-0.1, -0.05) is 69.9 Å². The average molecular weight is 388 g/mol. The molecule has 0 N–H and O–H groups in total. The van der Waals surface area contributed by atoms with Gasteiger partial charge in [0.2, 0.25) is 0 Å². The predicted octanol–water partition coefficient (Wildman–Crippen LogP) is 8.15. The summed E-state index contributed by atoms with van der Waals surface area (Å²) >= 11 is 0. The van der Waals surface area contributed by atoms with E-state index < -0.39 is 0 Å². The highest BCUT2D eigenvalue weighted by Crippen LogP contribution is 2.30. The van der Waals surface area contributed by atoms with Crippen LogP contribution in [-0.4, -0.2) is 24.5 Å². The summed E-state index contributed by atoms with van der Waals surface area (Å²) < 4.78 is 0. The normalized spacial score (nSPS) is 25.5. The van der Waals surface area contributed by atoms with Crippen molar-refractivity contribution in [2.45, 2.75) is 122 Å². The van der Waals surface area contributed by atoms with Crippen LogP contribution in [0.1, 0.15) is 122 Å². The SMILES string of the molecule is C1=CCCCC1.C1CCC(CN(CC2CCCCC2)CC2CCCCC2)CC1. The van der Waals surface area contributed by atoms with Gasteiger partial charge in [0.15, 0.2) is 0 Å². The van der Waals surface area contributed by atoms with Gasteiger partial charge in [-0.05, 0) is 82.0 Å². The van der Waals surface area contributed by atoms with Gasteiger partial charge in [0.1, 0.15) is 0 Å². The van der Waals surface area contributed by atoms with Crippen molar-refractivity contribution < 1.29 is 0 Å². The van der Waals surface area contributed by atoms with E-state index in [1.54, 1.807) is 0 Å². The Morgan fingerprint density at radius 3 is 1.00 bits per heavy atom. The monoisotopic (exact) mass is 387 g/mol. The van der Waals surface area contributed by atoms with Crippen molar-refractivity contribution >= 4 is 0 Å². The summed E-state index contributed by atoms with van der Waals surface area (Å²) in [6, 6.07) is 0. The topological polar surface area (TPSA) is 3.24 Å². The second-order valence-corrected chi connectivity index (χ2v) is 10.5. The van der Waals surface area contributed by atoms with E-state index in [0.29, 0.717) is 0 Å². The Morgan fingerprint density at radius 1 is 0.429 bits per heavy atom. The minimum absolute atomic E-state index is 1.03. The maximum absolute atomic E-state index is 2.95. The maximum Gasteiger partial charge on any atom is 0.000989 e. The molecule has 4 aliphatic rings. The fourth-order valence-electron chi connectivity index (χ4n) is 6.19. The molecule has 28 heavy (non-hydrogen) atoms. The van der Waals surface area contributed by atoms with Crippen molar-refractivity contribution in [3.05, 3.63) is 12.2 Å². The molecule has 162 valence electrons. The van der Waals surface area contributed by atoms with Gasteiger partial charge in [-0.2, -0.15) is 0 Å². The number of nitrogens with zero attached hydrogens (tertiary/aromatic N) is 1. The molecule has 3 fully saturated rings. The minimum Gasteiger partial charge on any atom is -0.303 e. The lowest BCUT2D eigenvalue weighted by atomic mass is 9.85. The molecular weight excluding hydrogens is 338 g/mol. The highest BCUT2D eigenvalue weighted by Gasteiger charge is 2.24. The van der Waals surface area contributed by atoms with Crippen molar-refractivity contribution in [2.75, 3.05) is 19.6 Å². The molecule has 3 saturated carbocycles. The number of rotatable bonds is 6. The predicted molar refractivity (Wildman–Crippen MR) is 124 cm³/mol. The lowest BCUT2D eigenvalue weighted by molar-refractivity contribution is 0.129. The number of allylic oxidation sites excluding steroid dienone is 2. The molecule has 0 amide bonds. The largest absolute Gasteiger partial charge is 0.303 e. The Morgan fingerprint density at radius 2 is 0.750 bits per heavy atom. The summed E-state index contributed by atoms with van der Waals surface area (Å²) in [5.41, 5.74) is 0. The van der Waals surface area contributed by atoms with Crippen LogP contribution in [0.5, 0.6) is 0 Å². The molecule has 4 rings (SSSR count). The van der Waals surface area contributed by atoms with Crippen LogP contribution in [0.4, 0.5) is 0 Å². The van der Waals surface area contributed by atoms with E-state index in [2.05, 4.69) is 17.1 Å². The summed E-state index contributed by atoms with van der Waals surface area (Å²) in [4.78, 5) is 2.95. The molecule has 1 nitrogen and oxygen atoms in total. The first kappa shape index (κ1) is 22.4. The summed E-state index contributed by atoms with van der Waals surface area (Å²) in [5.74, 6) is 3.09. The van der Waals surface area contributed by atoms with Gasteiger partial charge in [0.05, 0.1) is 0 Å². The third-order valence-electron chi connectivity index (χ3n) is 7.88. The smallest absolute Gasteiger partial charge is 0.000989 e. The summed E-state index contributed by atoms with van der Waals surface area (Å²) in [6.45, 7) is 4.31. The molecule has 0 aliphatic heterocycles. The zero-order valence-electron chi connectivity index (χ0n) is 18.9. The van der Waals surface area contributed by atoms with Gasteiger partial charge in [0, 0.05) is 19.6 Å². The van der Waals surface area contributed by atoms with Crippen LogP contribution >= 0.6 is 0 Å². The van der Waals surface area contributed by atoms with Gasteiger partial charge in [-0.25, -0.2) is 0 Å². The first-order valence-corrected chi connectivity index (χ1v) is 13.3. The standard InChI is InChI=1S/C21H39N.C6H10/c1-4-10-19(11-5-1)16-22(17-20-12-6-2-7-13-20)18-21-14-8-3-9-15-21;1-2-4-6-5-3-1/h19-21H,1-18H2;1-2H,3-6H2. The van der Waals surface area contributed by atoms with E-state index in [0.717, 1.165) is 17.8 Å². The van der Waals surface area contributed by atoms with Crippen molar-refractivity contribution in [3.8, 4) is 0 Å². The molecule has 0 aromatic carbocycles. The first-order valence-electron chi connectivity index (χ1n) is 13.3. The fraction of sp³-hybridized carbons (Fsp3) is 0.926. The molecule has 0 atom stereocenters. The van der Waals surface area contributed by atoms with E-state index in [4.69, 9.17) is 0 Å². The van der Waals surface area contributed by atoms with Gasteiger partial charge in [0.25, 0.3) is 0 Å². The second-order valence-electron chi connectivity index (χ2n) is 10.5. The van der Waals surface area contributed by atoms with Crippen molar-refractivity contribution in [1.82, 2.24) is 4.90 Å². The molecule has 0 heterocycles. The van der Waals surface area contributed by atoms with E-state index in [-0.39, 0.29) is 0 Å². The van der Waals surface area contributed by atoms with Crippen LogP contribution in [0.25, 0.3) is 0 Å². The Labute approximate surface area is 176 Å². The second kappa shape index (κ2) is 13.8. The van der Waals surface area contributed by atoms with E-state index in [1.165, 1.54) is 142 Å². The summed E-state index contributed by atoms with van der Waals surface area (Å²) in [6.07, 6.45) is 32.7. The molecule has 0 aromatic rings. The minimum atomic E-state index is 1.03. The van der Waals surface area contributed by atoms with Crippen LogP contribution in [-0.2, 0) is 0 Å². The molecule has 0 unspecified atom stereocenters. The van der Waals surface area contributed by atoms with E-state index in [9.17, 15) is 0 Å². The molecular formula is C27H49N. The highest BCUT2D eigenvalue weighted by molar-refractivity contribution is 4.85. The molecule has 0 spiro atoms. The molecule has 0 radical (unpaired) electrons. The Kier molecular flexibility index (Phi) is 11.1. The van der Waals surface area contributed by atoms with Crippen LogP contribution in [0.3, 0.4) is 0 Å². The van der Waals surface area contributed by atoms with Gasteiger partial charge >= 0.3 is 0 Å². The molecule has 0 aromatic heterocycles. The molecule has 4 aliphatic carbocycles. The first-order chi connectivity index (χ1) is 13.9. The third-order valence-corrected chi connectivity index (χ3v) is 7.88. The van der Waals surface area contributed by atoms with Crippen molar-refractivity contribution in [3.63, 3.8) is 0 Å². The molecule has 1 heteroatoms. The lowest BCUT2D eigenvalue weighted by Gasteiger charge is -2.36. The summed E-state index contributed by atoms with van der Waals surface area (Å²) in [7, 11) is 0. The Balaban J connectivity index is 0.000000320. The number of hydrogen-bond acceptors (Lipinski definition) is 1. The van der Waals surface area contributed by atoms with Gasteiger partial charge in [-0.3, -0.25) is 0 Å². The Hall–Kier alpha value is -0.300. The van der Waals surface area contributed by atoms with Crippen molar-refractivity contribution in [1.29, 1.82) is 0 Å². The fourth-order valence-corrected chi connectivity index (χ4v) is 6.19. The van der Waals surface area contributed by atoms with Crippen LogP contribution in [0.15, 0.2) is 12.2 Å². The third kappa shape index (κ3) is 9.02. The van der Waals surface area contributed by atoms with Crippen LogP contribution in [0, 0.1) is 17.8 Å². The summed E-state index contributed by atoms with van der Waals surface area (Å²) in [5, 5.41) is 0. The van der Waals surface area contributed by atoms with Gasteiger partial charge in [-0.15, -0.1) is 0 Å². The Bertz CT molecular complexity index is 341. The molecule has 0 saturated heterocycles. The number of hydrogen-bond donors (Lipinski definition) is 0. The van der Waals surface area contributed by atoms with E-state index in [1.807, 2.05) is 0 Å².